The monoisotopic (exact) mass is 348 g/mol. The van der Waals surface area contributed by atoms with Crippen LogP contribution in [-0.2, 0) is 10.0 Å². The number of fused-ring (bicyclic) bond motifs is 1. The summed E-state index contributed by atoms with van der Waals surface area (Å²) in [6.45, 7) is 0.867. The largest absolute Gasteiger partial charge is 0.417 e. The minimum Gasteiger partial charge on any atom is -0.408 e. The number of oxazole rings is 1. The van der Waals surface area contributed by atoms with Crippen LogP contribution in [0.25, 0.3) is 11.1 Å². The quantitative estimate of drug-likeness (QED) is 0.743. The maximum atomic E-state index is 12.8. The number of nitrogens with zero attached hydrogens (tertiary/aromatic N) is 2. The van der Waals surface area contributed by atoms with Crippen LogP contribution >= 0.6 is 0 Å². The predicted octanol–water partition coefficient (Wildman–Crippen LogP) is 1.41. The Morgan fingerprint density at radius 1 is 1.25 bits per heavy atom. The summed E-state index contributed by atoms with van der Waals surface area (Å²) in [4.78, 5) is 21.2. The van der Waals surface area contributed by atoms with Gasteiger partial charge in [0.25, 0.3) is 0 Å². The number of imidazole rings is 1. The second kappa shape index (κ2) is 5.60. The average molecular weight is 348 g/mol. The number of sulfonamides is 1. The number of aromatic nitrogens is 3. The van der Waals surface area contributed by atoms with E-state index in [1.807, 2.05) is 0 Å². The van der Waals surface area contributed by atoms with Crippen LogP contribution in [0.4, 0.5) is 0 Å². The molecule has 0 saturated carbocycles. The predicted molar refractivity (Wildman–Crippen MR) is 86.2 cm³/mol. The van der Waals surface area contributed by atoms with Crippen LogP contribution in [-0.4, -0.2) is 40.8 Å². The SMILES string of the molecule is O=c1[nH]c2ccc(S(=O)(=O)N3CCC(c4ncc[nH]4)CC3)cc2o1. The number of nitrogens with one attached hydrogen (secondary N) is 2. The first kappa shape index (κ1) is 15.2. The molecule has 4 rings (SSSR count). The Bertz CT molecular complexity index is 1010. The smallest absolute Gasteiger partial charge is 0.408 e. The van der Waals surface area contributed by atoms with Crippen molar-refractivity contribution in [1.29, 1.82) is 0 Å². The molecule has 0 aliphatic carbocycles. The molecule has 0 atom stereocenters. The molecule has 1 aliphatic heterocycles. The van der Waals surface area contributed by atoms with Crippen molar-refractivity contribution in [2.24, 2.45) is 0 Å². The number of hydrogen-bond donors (Lipinski definition) is 2. The lowest BCUT2D eigenvalue weighted by molar-refractivity contribution is 0.314. The highest BCUT2D eigenvalue weighted by atomic mass is 32.2. The van der Waals surface area contributed by atoms with E-state index in [4.69, 9.17) is 4.42 Å². The molecule has 9 heteroatoms. The van der Waals surface area contributed by atoms with Gasteiger partial charge in [0.1, 0.15) is 5.82 Å². The molecule has 8 nitrogen and oxygen atoms in total. The first-order valence-electron chi connectivity index (χ1n) is 7.66. The zero-order chi connectivity index (χ0) is 16.7. The van der Waals surface area contributed by atoms with Crippen LogP contribution in [0.2, 0.25) is 0 Å². The average Bonchev–Trinajstić information content (AvgIpc) is 3.22. The van der Waals surface area contributed by atoms with Crippen molar-refractivity contribution in [3.63, 3.8) is 0 Å². The number of H-pyrrole nitrogens is 2. The van der Waals surface area contributed by atoms with E-state index >= 15 is 0 Å². The molecule has 1 fully saturated rings. The van der Waals surface area contributed by atoms with Crippen molar-refractivity contribution < 1.29 is 12.8 Å². The molecule has 2 N–H and O–H groups in total. The Morgan fingerprint density at radius 3 is 2.75 bits per heavy atom. The molecule has 1 aromatic carbocycles. The van der Waals surface area contributed by atoms with Gasteiger partial charge in [-0.05, 0) is 25.0 Å². The van der Waals surface area contributed by atoms with Crippen LogP contribution in [0, 0.1) is 0 Å². The minimum absolute atomic E-state index is 0.134. The lowest BCUT2D eigenvalue weighted by Crippen LogP contribution is -2.38. The van der Waals surface area contributed by atoms with E-state index in [0.717, 1.165) is 5.82 Å². The topological polar surface area (TPSA) is 112 Å². The molecule has 0 spiro atoms. The van der Waals surface area contributed by atoms with Crippen molar-refractivity contribution in [3.05, 3.63) is 47.0 Å². The van der Waals surface area contributed by atoms with E-state index in [0.29, 0.717) is 31.4 Å². The summed E-state index contributed by atoms with van der Waals surface area (Å²) in [6, 6.07) is 4.42. The van der Waals surface area contributed by atoms with Gasteiger partial charge in [0.2, 0.25) is 10.0 Å². The van der Waals surface area contributed by atoms with Crippen LogP contribution in [0.5, 0.6) is 0 Å². The zero-order valence-electron chi connectivity index (χ0n) is 12.7. The van der Waals surface area contributed by atoms with Crippen molar-refractivity contribution in [3.8, 4) is 0 Å². The molecule has 0 bridgehead atoms. The van der Waals surface area contributed by atoms with Gasteiger partial charge in [-0.25, -0.2) is 18.2 Å². The maximum absolute atomic E-state index is 12.8. The Kier molecular flexibility index (Phi) is 3.54. The van der Waals surface area contributed by atoms with Gasteiger partial charge in [-0.3, -0.25) is 4.98 Å². The molecule has 0 unspecified atom stereocenters. The van der Waals surface area contributed by atoms with Gasteiger partial charge >= 0.3 is 5.76 Å². The standard InChI is InChI=1S/C15H16N4O4S/c20-15-18-12-2-1-11(9-13(12)23-15)24(21,22)19-7-3-10(4-8-19)14-16-5-6-17-14/h1-2,5-6,9-10H,3-4,7-8H2,(H,16,17)(H,18,20). The van der Waals surface area contributed by atoms with E-state index in [2.05, 4.69) is 15.0 Å². The Hall–Kier alpha value is -2.39. The van der Waals surface area contributed by atoms with Crippen molar-refractivity contribution in [2.45, 2.75) is 23.7 Å². The van der Waals surface area contributed by atoms with Gasteiger partial charge in [-0.2, -0.15) is 4.31 Å². The second-order valence-electron chi connectivity index (χ2n) is 5.83. The van der Waals surface area contributed by atoms with Crippen molar-refractivity contribution in [1.82, 2.24) is 19.3 Å². The van der Waals surface area contributed by atoms with E-state index in [9.17, 15) is 13.2 Å². The van der Waals surface area contributed by atoms with Gasteiger partial charge in [0.05, 0.1) is 10.4 Å². The van der Waals surface area contributed by atoms with E-state index < -0.39 is 15.8 Å². The lowest BCUT2D eigenvalue weighted by atomic mass is 9.98. The molecular weight excluding hydrogens is 332 g/mol. The van der Waals surface area contributed by atoms with E-state index in [1.165, 1.54) is 16.4 Å². The molecule has 3 aromatic rings. The zero-order valence-corrected chi connectivity index (χ0v) is 13.5. The fraction of sp³-hybridized carbons (Fsp3) is 0.333. The third-order valence-electron chi connectivity index (χ3n) is 4.39. The summed E-state index contributed by atoms with van der Waals surface area (Å²) in [5.41, 5.74) is 0.724. The number of benzene rings is 1. The highest BCUT2D eigenvalue weighted by Gasteiger charge is 2.31. The van der Waals surface area contributed by atoms with Crippen LogP contribution < -0.4 is 5.76 Å². The fourth-order valence-electron chi connectivity index (χ4n) is 3.11. The van der Waals surface area contributed by atoms with Gasteiger partial charge in [-0.15, -0.1) is 0 Å². The first-order valence-corrected chi connectivity index (χ1v) is 9.10. The molecule has 3 heterocycles. The summed E-state index contributed by atoms with van der Waals surface area (Å²) >= 11 is 0. The number of aromatic amines is 2. The molecule has 1 aliphatic rings. The second-order valence-corrected chi connectivity index (χ2v) is 7.76. The van der Waals surface area contributed by atoms with Gasteiger partial charge in [0.15, 0.2) is 5.58 Å². The minimum atomic E-state index is -3.61. The maximum Gasteiger partial charge on any atom is 0.417 e. The summed E-state index contributed by atoms with van der Waals surface area (Å²) in [7, 11) is -3.61. The summed E-state index contributed by atoms with van der Waals surface area (Å²) in [5, 5.41) is 0. The molecule has 24 heavy (non-hydrogen) atoms. The van der Waals surface area contributed by atoms with Gasteiger partial charge in [-0.1, -0.05) is 0 Å². The molecule has 1 saturated heterocycles. The summed E-state index contributed by atoms with van der Waals surface area (Å²) in [6.07, 6.45) is 4.92. The Balaban J connectivity index is 1.57. The third kappa shape index (κ3) is 2.55. The van der Waals surface area contributed by atoms with Crippen LogP contribution in [0.15, 0.2) is 44.7 Å². The molecular formula is C15H16N4O4S. The highest BCUT2D eigenvalue weighted by Crippen LogP contribution is 2.29. The number of rotatable bonds is 3. The molecule has 0 amide bonds. The van der Waals surface area contributed by atoms with Crippen molar-refractivity contribution >= 4 is 21.1 Å². The molecule has 2 aromatic heterocycles. The highest BCUT2D eigenvalue weighted by molar-refractivity contribution is 7.89. The van der Waals surface area contributed by atoms with E-state index in [1.54, 1.807) is 18.5 Å². The van der Waals surface area contributed by atoms with Crippen molar-refractivity contribution in [2.75, 3.05) is 13.1 Å². The van der Waals surface area contributed by atoms with Crippen LogP contribution in [0.3, 0.4) is 0 Å². The fourth-order valence-corrected chi connectivity index (χ4v) is 4.59. The first-order chi connectivity index (χ1) is 11.5. The van der Waals surface area contributed by atoms with E-state index in [-0.39, 0.29) is 16.4 Å². The number of hydrogen-bond acceptors (Lipinski definition) is 5. The normalized spacial score (nSPS) is 17.5. The molecule has 126 valence electrons. The third-order valence-corrected chi connectivity index (χ3v) is 6.28. The Morgan fingerprint density at radius 2 is 2.04 bits per heavy atom. The van der Waals surface area contributed by atoms with Gasteiger partial charge in [0, 0.05) is 37.5 Å². The van der Waals surface area contributed by atoms with Gasteiger partial charge < -0.3 is 9.40 Å². The van der Waals surface area contributed by atoms with Crippen LogP contribution in [0.1, 0.15) is 24.6 Å². The number of piperidine rings is 1. The summed E-state index contributed by atoms with van der Waals surface area (Å²) in [5.74, 6) is 0.554. The molecule has 0 radical (unpaired) electrons. The Labute approximate surface area is 137 Å². The lowest BCUT2D eigenvalue weighted by Gasteiger charge is -2.30. The summed E-state index contributed by atoms with van der Waals surface area (Å²) < 4.78 is 32.0.